The van der Waals surface area contributed by atoms with Gasteiger partial charge in [0.25, 0.3) is 10.0 Å². The van der Waals surface area contributed by atoms with Crippen LogP contribution in [0.4, 0.5) is 0 Å². The highest BCUT2D eigenvalue weighted by Crippen LogP contribution is 2.60. The van der Waals surface area contributed by atoms with E-state index in [0.29, 0.717) is 11.8 Å². The van der Waals surface area contributed by atoms with E-state index in [1.165, 1.54) is 0 Å². The molecule has 0 heterocycles. The number of nitrogens with zero attached hydrogens (tertiary/aromatic N) is 1. The minimum atomic E-state index is -3.54. The topological polar surface area (TPSA) is 58.5 Å². The number of hydrogen-bond donors (Lipinski definition) is 1. The van der Waals surface area contributed by atoms with E-state index < -0.39 is 10.0 Å². The molecule has 2 atom stereocenters. The van der Waals surface area contributed by atoms with Crippen LogP contribution in [-0.2, 0) is 10.0 Å². The first kappa shape index (κ1) is 13.6. The highest BCUT2D eigenvalue weighted by Gasteiger charge is 2.56. The molecule has 20 heavy (non-hydrogen) atoms. The van der Waals surface area contributed by atoms with Gasteiger partial charge in [0.05, 0.1) is 4.90 Å². The molecule has 1 N–H and O–H groups in total. The van der Waals surface area contributed by atoms with Gasteiger partial charge in [-0.1, -0.05) is 31.5 Å². The van der Waals surface area contributed by atoms with Gasteiger partial charge in [-0.05, 0) is 43.2 Å². The fourth-order valence-corrected chi connectivity index (χ4v) is 4.17. The second kappa shape index (κ2) is 4.32. The Morgan fingerprint density at radius 1 is 1.25 bits per heavy atom. The highest BCUT2D eigenvalue weighted by molar-refractivity contribution is 7.89. The molecule has 0 amide bonds. The lowest BCUT2D eigenvalue weighted by Gasteiger charge is -2.43. The molecule has 3 saturated carbocycles. The molecule has 0 saturated heterocycles. The lowest BCUT2D eigenvalue weighted by molar-refractivity contribution is 0.0678. The molecule has 108 valence electrons. The van der Waals surface area contributed by atoms with Crippen molar-refractivity contribution < 1.29 is 8.42 Å². The van der Waals surface area contributed by atoms with Crippen molar-refractivity contribution >= 4 is 15.7 Å². The van der Waals surface area contributed by atoms with Gasteiger partial charge in [0.1, 0.15) is 0 Å². The van der Waals surface area contributed by atoms with Crippen molar-refractivity contribution in [1.29, 1.82) is 0 Å². The predicted molar refractivity (Wildman–Crippen MR) is 78.9 cm³/mol. The lowest BCUT2D eigenvalue weighted by atomic mass is 9.61. The quantitative estimate of drug-likeness (QED) is 0.871. The first-order valence-electron chi connectivity index (χ1n) is 6.95. The number of aryl methyl sites for hydroxylation is 1. The molecule has 4 rings (SSSR count). The summed E-state index contributed by atoms with van der Waals surface area (Å²) < 4.78 is 24.3. The van der Waals surface area contributed by atoms with Crippen molar-refractivity contribution in [1.82, 2.24) is 4.83 Å². The van der Waals surface area contributed by atoms with Crippen molar-refractivity contribution in [2.75, 3.05) is 0 Å². The molecule has 3 aliphatic rings. The third-order valence-corrected chi connectivity index (χ3v) is 6.19. The molecular weight excluding hydrogens is 272 g/mol. The van der Waals surface area contributed by atoms with E-state index >= 15 is 0 Å². The van der Waals surface area contributed by atoms with Crippen molar-refractivity contribution in [2.24, 2.45) is 22.4 Å². The van der Waals surface area contributed by atoms with E-state index in [1.807, 2.05) is 6.92 Å². The summed E-state index contributed by atoms with van der Waals surface area (Å²) in [6.07, 6.45) is 2.08. The van der Waals surface area contributed by atoms with E-state index in [0.717, 1.165) is 24.1 Å². The van der Waals surface area contributed by atoms with Crippen LogP contribution in [0.25, 0.3) is 0 Å². The first-order chi connectivity index (χ1) is 9.30. The Balaban J connectivity index is 1.77. The van der Waals surface area contributed by atoms with Gasteiger partial charge in [-0.2, -0.15) is 13.5 Å². The third kappa shape index (κ3) is 2.04. The van der Waals surface area contributed by atoms with Gasteiger partial charge in [-0.3, -0.25) is 0 Å². The smallest absolute Gasteiger partial charge is 0.200 e. The van der Waals surface area contributed by atoms with Gasteiger partial charge in [0, 0.05) is 11.6 Å². The molecule has 3 fully saturated rings. The number of nitrogens with one attached hydrogen (secondary N) is 1. The molecule has 4 nitrogen and oxygen atoms in total. The van der Waals surface area contributed by atoms with E-state index in [4.69, 9.17) is 0 Å². The van der Waals surface area contributed by atoms with Crippen LogP contribution in [0, 0.1) is 24.2 Å². The summed E-state index contributed by atoms with van der Waals surface area (Å²) in [5.74, 6) is 1.10. The van der Waals surface area contributed by atoms with Crippen LogP contribution < -0.4 is 4.83 Å². The molecular formula is C15H20N2O2S. The Kier molecular flexibility index (Phi) is 2.94. The maximum atomic E-state index is 12.2. The molecule has 0 aromatic heterocycles. The van der Waals surface area contributed by atoms with E-state index in [9.17, 15) is 8.42 Å². The largest absolute Gasteiger partial charge is 0.276 e. The summed E-state index contributed by atoms with van der Waals surface area (Å²) in [6.45, 7) is 6.41. The number of hydrazone groups is 1. The Bertz CT molecular complexity index is 660. The SMILES string of the molecule is Cc1ccc(S(=O)(=O)NN=C2CC3CC2C3(C)C)cc1. The number of benzene rings is 1. The van der Waals surface area contributed by atoms with E-state index in [-0.39, 0.29) is 10.3 Å². The molecule has 5 heteroatoms. The van der Waals surface area contributed by atoms with Crippen LogP contribution in [0.1, 0.15) is 32.3 Å². The van der Waals surface area contributed by atoms with E-state index in [2.05, 4.69) is 23.8 Å². The zero-order chi connectivity index (χ0) is 14.5. The second-order valence-corrected chi connectivity index (χ2v) is 8.18. The second-order valence-electron chi connectivity index (χ2n) is 6.52. The minimum absolute atomic E-state index is 0.261. The zero-order valence-corrected chi connectivity index (χ0v) is 12.9. The summed E-state index contributed by atoms with van der Waals surface area (Å²) in [4.78, 5) is 2.65. The van der Waals surface area contributed by atoms with Crippen LogP contribution in [-0.4, -0.2) is 14.1 Å². The fraction of sp³-hybridized carbons (Fsp3) is 0.533. The highest BCUT2D eigenvalue weighted by atomic mass is 32.2. The Labute approximate surface area is 120 Å². The summed E-state index contributed by atoms with van der Waals surface area (Å²) in [5.41, 5.74) is 2.33. The Hall–Kier alpha value is -1.36. The van der Waals surface area contributed by atoms with Crippen molar-refractivity contribution in [3.63, 3.8) is 0 Å². The number of sulfonamides is 1. The van der Waals surface area contributed by atoms with Gasteiger partial charge in [-0.25, -0.2) is 4.83 Å². The van der Waals surface area contributed by atoms with Crippen LogP contribution in [0.15, 0.2) is 34.3 Å². The molecule has 0 aliphatic heterocycles. The van der Waals surface area contributed by atoms with Gasteiger partial charge >= 0.3 is 0 Å². The maximum Gasteiger partial charge on any atom is 0.276 e. The standard InChI is InChI=1S/C15H20N2O2S/c1-10-4-6-12(7-5-10)20(18,19)17-16-14-9-11-8-13(14)15(11,2)3/h4-7,11,13,17H,8-9H2,1-3H3. The van der Waals surface area contributed by atoms with Crippen LogP contribution >= 0.6 is 0 Å². The number of rotatable bonds is 3. The molecule has 2 unspecified atom stereocenters. The lowest BCUT2D eigenvalue weighted by Crippen LogP contribution is -2.38. The average Bonchev–Trinajstić information content (AvgIpc) is 2.93. The van der Waals surface area contributed by atoms with Gasteiger partial charge in [-0.15, -0.1) is 0 Å². The summed E-state index contributed by atoms with van der Waals surface area (Å²) in [6, 6.07) is 6.79. The molecule has 0 spiro atoms. The first-order valence-corrected chi connectivity index (χ1v) is 8.44. The fourth-order valence-electron chi connectivity index (χ4n) is 3.33. The summed E-state index contributed by atoms with van der Waals surface area (Å²) in [5, 5.41) is 4.19. The van der Waals surface area contributed by atoms with Crippen molar-refractivity contribution in [3.05, 3.63) is 29.8 Å². The molecule has 0 radical (unpaired) electrons. The van der Waals surface area contributed by atoms with Crippen LogP contribution in [0.3, 0.4) is 0 Å². The van der Waals surface area contributed by atoms with Crippen LogP contribution in [0.5, 0.6) is 0 Å². The van der Waals surface area contributed by atoms with Crippen LogP contribution in [0.2, 0.25) is 0 Å². The Morgan fingerprint density at radius 3 is 2.40 bits per heavy atom. The monoisotopic (exact) mass is 292 g/mol. The molecule has 1 aromatic rings. The van der Waals surface area contributed by atoms with E-state index in [1.54, 1.807) is 24.3 Å². The minimum Gasteiger partial charge on any atom is -0.200 e. The van der Waals surface area contributed by atoms with Gasteiger partial charge < -0.3 is 0 Å². The number of fused-ring (bicyclic) bond motifs is 1. The van der Waals surface area contributed by atoms with Crippen molar-refractivity contribution in [2.45, 2.75) is 38.5 Å². The molecule has 2 bridgehead atoms. The summed E-state index contributed by atoms with van der Waals surface area (Å²) in [7, 11) is -3.54. The summed E-state index contributed by atoms with van der Waals surface area (Å²) >= 11 is 0. The van der Waals surface area contributed by atoms with Gasteiger partial charge in [0.15, 0.2) is 0 Å². The molecule has 1 aromatic carbocycles. The number of hydrogen-bond acceptors (Lipinski definition) is 3. The third-order valence-electron chi connectivity index (χ3n) is 4.97. The van der Waals surface area contributed by atoms with Gasteiger partial charge in [0.2, 0.25) is 0 Å². The Morgan fingerprint density at radius 2 is 1.90 bits per heavy atom. The average molecular weight is 292 g/mol. The zero-order valence-electron chi connectivity index (χ0n) is 12.1. The van der Waals surface area contributed by atoms with Crippen molar-refractivity contribution in [3.8, 4) is 0 Å². The molecule has 3 aliphatic carbocycles. The predicted octanol–water partition coefficient (Wildman–Crippen LogP) is 2.70. The normalized spacial score (nSPS) is 29.2. The maximum absolute atomic E-state index is 12.2.